The number of aromatic nitrogens is 1. The zero-order valence-corrected chi connectivity index (χ0v) is 15.1. The molecule has 0 spiro atoms. The molecule has 2 atom stereocenters. The van der Waals surface area contributed by atoms with Crippen LogP contribution in [0.1, 0.15) is 32.1 Å². The molecule has 0 amide bonds. The molecule has 3 heterocycles. The van der Waals surface area contributed by atoms with E-state index in [-0.39, 0.29) is 11.7 Å². The first kappa shape index (κ1) is 15.7. The van der Waals surface area contributed by atoms with Crippen molar-refractivity contribution in [2.45, 2.75) is 43.8 Å². The number of morpholine rings is 1. The van der Waals surface area contributed by atoms with E-state index >= 15 is 0 Å². The van der Waals surface area contributed by atoms with Gasteiger partial charge in [-0.1, -0.05) is 41.5 Å². The average Bonchev–Trinajstić information content (AvgIpc) is 3.18. The summed E-state index contributed by atoms with van der Waals surface area (Å²) in [6, 6.07) is 8.57. The maximum atomic E-state index is 5.62. The highest BCUT2D eigenvalue weighted by molar-refractivity contribution is 7.22. The molecule has 3 aliphatic rings. The van der Waals surface area contributed by atoms with E-state index < -0.39 is 0 Å². The van der Waals surface area contributed by atoms with Gasteiger partial charge in [0.05, 0.1) is 23.4 Å². The number of benzene rings is 1. The summed E-state index contributed by atoms with van der Waals surface area (Å²) in [6.07, 6.45) is 5.96. The monoisotopic (exact) mass is 357 g/mol. The molecule has 1 saturated carbocycles. The van der Waals surface area contributed by atoms with Gasteiger partial charge < -0.3 is 4.74 Å². The van der Waals surface area contributed by atoms with Crippen LogP contribution in [0.4, 0.5) is 5.13 Å². The molecule has 0 unspecified atom stereocenters. The van der Waals surface area contributed by atoms with Gasteiger partial charge in [0.1, 0.15) is 11.7 Å². The first-order chi connectivity index (χ1) is 12.4. The van der Waals surface area contributed by atoms with Crippen LogP contribution in [-0.4, -0.2) is 47.9 Å². The smallest absolute Gasteiger partial charge is 0.210 e. The van der Waals surface area contributed by atoms with Crippen LogP contribution in [0.25, 0.3) is 10.2 Å². The van der Waals surface area contributed by atoms with Gasteiger partial charge in [-0.15, -0.1) is 0 Å². The second-order valence-electron chi connectivity index (χ2n) is 7.07. The Morgan fingerprint density at radius 3 is 2.88 bits per heavy atom. The minimum atomic E-state index is -0.159. The summed E-state index contributed by atoms with van der Waals surface area (Å²) < 4.78 is 6.83. The normalized spacial score (nSPS) is 30.6. The standard InChI is InChI=1S/C18H23N5OS/c1-2-8-16-18(9-5-1,22-10-12-24-13-11-22)23(21-20-16)17-19-14-6-3-4-7-15(14)25-17/h3-4,6-7,16H,1-2,5,8-13H2/t16-,18-/m1/s1. The van der Waals surface area contributed by atoms with Gasteiger partial charge in [0.25, 0.3) is 0 Å². The van der Waals surface area contributed by atoms with E-state index in [1.54, 1.807) is 11.3 Å². The van der Waals surface area contributed by atoms with Crippen LogP contribution in [-0.2, 0) is 4.74 Å². The van der Waals surface area contributed by atoms with Crippen LogP contribution in [0.5, 0.6) is 0 Å². The van der Waals surface area contributed by atoms with Crippen molar-refractivity contribution in [1.82, 2.24) is 9.88 Å². The van der Waals surface area contributed by atoms with E-state index in [0.29, 0.717) is 0 Å². The molecule has 0 N–H and O–H groups in total. The number of anilines is 1. The minimum absolute atomic E-state index is 0.159. The lowest BCUT2D eigenvalue weighted by molar-refractivity contribution is -0.0302. The Kier molecular flexibility index (Phi) is 3.95. The third-order valence-electron chi connectivity index (χ3n) is 5.73. The first-order valence-corrected chi connectivity index (χ1v) is 10.1. The molecule has 6 nitrogen and oxygen atoms in total. The third-order valence-corrected chi connectivity index (χ3v) is 6.74. The molecule has 5 rings (SSSR count). The van der Waals surface area contributed by atoms with Gasteiger partial charge in [-0.25, -0.2) is 4.98 Å². The quantitative estimate of drug-likeness (QED) is 0.819. The Labute approximate surface area is 151 Å². The van der Waals surface area contributed by atoms with Crippen LogP contribution >= 0.6 is 11.3 Å². The molecular weight excluding hydrogens is 334 g/mol. The lowest BCUT2D eigenvalue weighted by atomic mass is 9.92. The maximum absolute atomic E-state index is 5.62. The van der Waals surface area contributed by atoms with Gasteiger partial charge in [0.15, 0.2) is 0 Å². The van der Waals surface area contributed by atoms with Crippen molar-refractivity contribution < 1.29 is 4.74 Å². The molecule has 1 aromatic heterocycles. The van der Waals surface area contributed by atoms with Gasteiger partial charge in [-0.05, 0) is 31.4 Å². The van der Waals surface area contributed by atoms with Crippen molar-refractivity contribution in [3.63, 3.8) is 0 Å². The summed E-state index contributed by atoms with van der Waals surface area (Å²) in [5.41, 5.74) is 0.889. The summed E-state index contributed by atoms with van der Waals surface area (Å²) in [5.74, 6) is 0. The van der Waals surface area contributed by atoms with E-state index in [2.05, 4.69) is 33.3 Å². The van der Waals surface area contributed by atoms with Gasteiger partial charge in [0.2, 0.25) is 5.13 Å². The molecule has 0 bridgehead atoms. The Morgan fingerprint density at radius 2 is 2.00 bits per heavy atom. The van der Waals surface area contributed by atoms with Crippen molar-refractivity contribution in [3.05, 3.63) is 24.3 Å². The highest BCUT2D eigenvalue weighted by Gasteiger charge is 2.54. The van der Waals surface area contributed by atoms with Crippen LogP contribution in [0.2, 0.25) is 0 Å². The summed E-state index contributed by atoms with van der Waals surface area (Å²) in [7, 11) is 0. The van der Waals surface area contributed by atoms with Crippen molar-refractivity contribution in [3.8, 4) is 0 Å². The van der Waals surface area contributed by atoms with E-state index in [1.807, 2.05) is 6.07 Å². The topological polar surface area (TPSA) is 53.3 Å². The molecular formula is C18H23N5OS. The maximum Gasteiger partial charge on any atom is 0.210 e. The van der Waals surface area contributed by atoms with Crippen LogP contribution in [0.3, 0.4) is 0 Å². The largest absolute Gasteiger partial charge is 0.379 e. The van der Waals surface area contributed by atoms with E-state index in [1.165, 1.54) is 24.0 Å². The Morgan fingerprint density at radius 1 is 1.12 bits per heavy atom. The predicted molar refractivity (Wildman–Crippen MR) is 99.0 cm³/mol. The number of ether oxygens (including phenoxy) is 1. The molecule has 2 fully saturated rings. The fourth-order valence-corrected chi connectivity index (χ4v) is 5.48. The SMILES string of the molecule is c1ccc2sc(N3N=N[C@@H]4CCCCC[C@]43N3CCOCC3)nc2c1. The number of hydrogen-bond donors (Lipinski definition) is 0. The molecule has 7 heteroatoms. The fraction of sp³-hybridized carbons (Fsp3) is 0.611. The second kappa shape index (κ2) is 6.30. The molecule has 1 saturated heterocycles. The molecule has 1 aliphatic carbocycles. The van der Waals surface area contributed by atoms with Crippen molar-refractivity contribution in [2.75, 3.05) is 31.3 Å². The zero-order valence-electron chi connectivity index (χ0n) is 14.3. The molecule has 2 aromatic rings. The minimum Gasteiger partial charge on any atom is -0.379 e. The Balaban J connectivity index is 1.59. The molecule has 132 valence electrons. The van der Waals surface area contributed by atoms with E-state index in [9.17, 15) is 0 Å². The number of rotatable bonds is 2. The van der Waals surface area contributed by atoms with E-state index in [4.69, 9.17) is 14.8 Å². The van der Waals surface area contributed by atoms with Crippen molar-refractivity contribution in [1.29, 1.82) is 0 Å². The summed E-state index contributed by atoms with van der Waals surface area (Å²) >= 11 is 1.72. The third kappa shape index (κ3) is 2.48. The molecule has 2 aliphatic heterocycles. The molecule has 1 aromatic carbocycles. The van der Waals surface area contributed by atoms with Crippen LogP contribution < -0.4 is 5.01 Å². The lowest BCUT2D eigenvalue weighted by Gasteiger charge is -2.48. The fourth-order valence-electron chi connectivity index (χ4n) is 4.49. The summed E-state index contributed by atoms with van der Waals surface area (Å²) in [6.45, 7) is 3.48. The van der Waals surface area contributed by atoms with Crippen molar-refractivity contribution >= 4 is 26.7 Å². The van der Waals surface area contributed by atoms with Crippen molar-refractivity contribution in [2.24, 2.45) is 10.3 Å². The highest BCUT2D eigenvalue weighted by Crippen LogP contribution is 2.46. The second-order valence-corrected chi connectivity index (χ2v) is 8.08. The number of nitrogens with zero attached hydrogens (tertiary/aromatic N) is 5. The van der Waals surface area contributed by atoms with Gasteiger partial charge in [-0.3, -0.25) is 4.90 Å². The first-order valence-electron chi connectivity index (χ1n) is 9.27. The lowest BCUT2D eigenvalue weighted by Crippen LogP contribution is -2.65. The number of hydrogen-bond acceptors (Lipinski definition) is 7. The molecule has 0 radical (unpaired) electrons. The highest BCUT2D eigenvalue weighted by atomic mass is 32.1. The number of para-hydroxylation sites is 1. The number of thiazole rings is 1. The van der Waals surface area contributed by atoms with Gasteiger partial charge in [0, 0.05) is 13.1 Å². The van der Waals surface area contributed by atoms with Crippen LogP contribution in [0, 0.1) is 0 Å². The van der Waals surface area contributed by atoms with E-state index in [0.717, 1.165) is 49.8 Å². The Hall–Kier alpha value is -1.57. The van der Waals surface area contributed by atoms with Gasteiger partial charge in [-0.2, -0.15) is 10.1 Å². The van der Waals surface area contributed by atoms with Crippen LogP contribution in [0.15, 0.2) is 34.6 Å². The average molecular weight is 357 g/mol. The number of fused-ring (bicyclic) bond motifs is 2. The molecule has 25 heavy (non-hydrogen) atoms. The Bertz CT molecular complexity index is 754. The summed E-state index contributed by atoms with van der Waals surface area (Å²) in [5, 5.41) is 12.5. The van der Waals surface area contributed by atoms with Gasteiger partial charge >= 0.3 is 0 Å². The predicted octanol–water partition coefficient (Wildman–Crippen LogP) is 3.84. The summed E-state index contributed by atoms with van der Waals surface area (Å²) in [4.78, 5) is 7.46. The zero-order chi connectivity index (χ0) is 16.7.